The first-order chi connectivity index (χ1) is 7.63. The molecule has 0 aliphatic rings. The Morgan fingerprint density at radius 1 is 1.62 bits per heavy atom. The number of rotatable bonds is 4. The normalized spacial score (nSPS) is 10.7. The third-order valence-electron chi connectivity index (χ3n) is 1.94. The van der Waals surface area contributed by atoms with E-state index in [4.69, 9.17) is 4.74 Å². The highest BCUT2D eigenvalue weighted by atomic mass is 19.1. The average molecular weight is 223 g/mol. The molecule has 0 saturated carbocycles. The van der Waals surface area contributed by atoms with E-state index in [-0.39, 0.29) is 12.4 Å². The Hall–Kier alpha value is -1.71. The first-order valence-electron chi connectivity index (χ1n) is 5.07. The van der Waals surface area contributed by atoms with E-state index in [2.05, 4.69) is 4.98 Å². The molecule has 0 aliphatic heterocycles. The van der Waals surface area contributed by atoms with E-state index in [1.807, 2.05) is 0 Å². The third kappa shape index (κ3) is 3.81. The average Bonchev–Trinajstić information content (AvgIpc) is 2.24. The summed E-state index contributed by atoms with van der Waals surface area (Å²) in [6.45, 7) is 3.78. The quantitative estimate of drug-likeness (QED) is 0.581. The number of aryl methyl sites for hydroxylation is 1. The van der Waals surface area contributed by atoms with Gasteiger partial charge in [-0.3, -0.25) is 4.79 Å². The summed E-state index contributed by atoms with van der Waals surface area (Å²) in [6, 6.07) is 1.67. The summed E-state index contributed by atoms with van der Waals surface area (Å²) in [5, 5.41) is 0. The summed E-state index contributed by atoms with van der Waals surface area (Å²) < 4.78 is 17.6. The molecule has 1 rings (SSSR count). The minimum atomic E-state index is -0.470. The lowest BCUT2D eigenvalue weighted by molar-refractivity contribution is -0.142. The van der Waals surface area contributed by atoms with Gasteiger partial charge >= 0.3 is 5.97 Å². The number of ether oxygens (including phenoxy) is 1. The first kappa shape index (κ1) is 12.4. The van der Waals surface area contributed by atoms with Gasteiger partial charge in [-0.1, -0.05) is 12.2 Å². The molecule has 0 N–H and O–H groups in total. The smallest absolute Gasteiger partial charge is 0.309 e. The molecule has 4 heteroatoms. The SMILES string of the molecule is CCOC(=O)CC=Cc1cnc(F)c(C)c1. The van der Waals surface area contributed by atoms with E-state index in [1.165, 1.54) is 6.20 Å². The van der Waals surface area contributed by atoms with Gasteiger partial charge in [0.25, 0.3) is 0 Å². The van der Waals surface area contributed by atoms with Crippen molar-refractivity contribution in [1.29, 1.82) is 0 Å². The van der Waals surface area contributed by atoms with E-state index >= 15 is 0 Å². The minimum absolute atomic E-state index is 0.213. The number of carbonyl (C=O) groups is 1. The van der Waals surface area contributed by atoms with Gasteiger partial charge in [-0.25, -0.2) is 4.98 Å². The fourth-order valence-corrected chi connectivity index (χ4v) is 1.18. The summed E-state index contributed by atoms with van der Waals surface area (Å²) in [4.78, 5) is 14.6. The summed E-state index contributed by atoms with van der Waals surface area (Å²) in [6.07, 6.45) is 5.02. The molecule has 3 nitrogen and oxygen atoms in total. The second-order valence-corrected chi connectivity index (χ2v) is 3.29. The monoisotopic (exact) mass is 223 g/mol. The Bertz CT molecular complexity index is 402. The molecule has 1 aromatic rings. The van der Waals surface area contributed by atoms with E-state index < -0.39 is 5.95 Å². The highest BCUT2D eigenvalue weighted by molar-refractivity contribution is 5.72. The number of pyridine rings is 1. The van der Waals surface area contributed by atoms with Crippen molar-refractivity contribution < 1.29 is 13.9 Å². The Kier molecular flexibility index (Phi) is 4.64. The first-order valence-corrected chi connectivity index (χ1v) is 5.07. The maximum absolute atomic E-state index is 12.8. The largest absolute Gasteiger partial charge is 0.466 e. The number of carbonyl (C=O) groups excluding carboxylic acids is 1. The van der Waals surface area contributed by atoms with Crippen LogP contribution in [0.2, 0.25) is 0 Å². The standard InChI is InChI=1S/C12H14FNO2/c1-3-16-11(15)6-4-5-10-7-9(2)12(13)14-8-10/h4-5,7-8H,3,6H2,1-2H3. The Labute approximate surface area is 94.0 Å². The fourth-order valence-electron chi connectivity index (χ4n) is 1.18. The van der Waals surface area contributed by atoms with E-state index in [1.54, 1.807) is 32.1 Å². The minimum Gasteiger partial charge on any atom is -0.466 e. The van der Waals surface area contributed by atoms with Gasteiger partial charge in [0.1, 0.15) is 0 Å². The van der Waals surface area contributed by atoms with E-state index in [9.17, 15) is 9.18 Å². The van der Waals surface area contributed by atoms with Gasteiger partial charge in [0.15, 0.2) is 0 Å². The van der Waals surface area contributed by atoms with Gasteiger partial charge in [0.05, 0.1) is 13.0 Å². The molecule has 0 unspecified atom stereocenters. The van der Waals surface area contributed by atoms with Crippen LogP contribution in [0.4, 0.5) is 4.39 Å². The zero-order valence-electron chi connectivity index (χ0n) is 9.37. The second-order valence-electron chi connectivity index (χ2n) is 3.29. The van der Waals surface area contributed by atoms with Crippen molar-refractivity contribution >= 4 is 12.0 Å². The lowest BCUT2D eigenvalue weighted by atomic mass is 10.2. The fraction of sp³-hybridized carbons (Fsp3) is 0.333. The van der Waals surface area contributed by atoms with Gasteiger partial charge in [-0.15, -0.1) is 0 Å². The molecule has 1 aromatic heterocycles. The summed E-state index contributed by atoms with van der Waals surface area (Å²) in [5.41, 5.74) is 1.25. The highest BCUT2D eigenvalue weighted by Crippen LogP contribution is 2.08. The molecular weight excluding hydrogens is 209 g/mol. The summed E-state index contributed by atoms with van der Waals surface area (Å²) in [5.74, 6) is -0.743. The number of nitrogens with zero attached hydrogens (tertiary/aromatic N) is 1. The van der Waals surface area contributed by atoms with Gasteiger partial charge in [-0.05, 0) is 25.5 Å². The van der Waals surface area contributed by atoms with Gasteiger partial charge < -0.3 is 4.74 Å². The van der Waals surface area contributed by atoms with Crippen molar-refractivity contribution in [3.8, 4) is 0 Å². The number of hydrogen-bond donors (Lipinski definition) is 0. The molecule has 1 heterocycles. The van der Waals surface area contributed by atoms with Crippen molar-refractivity contribution in [2.45, 2.75) is 20.3 Å². The maximum atomic E-state index is 12.8. The van der Waals surface area contributed by atoms with Crippen LogP contribution in [0.5, 0.6) is 0 Å². The molecule has 0 fully saturated rings. The predicted molar refractivity (Wildman–Crippen MR) is 59.2 cm³/mol. The van der Waals surface area contributed by atoms with Gasteiger partial charge in [0, 0.05) is 11.8 Å². The van der Waals surface area contributed by atoms with Crippen LogP contribution in [0.1, 0.15) is 24.5 Å². The van der Waals surface area contributed by atoms with Crippen LogP contribution in [0.15, 0.2) is 18.3 Å². The molecule has 0 aliphatic carbocycles. The zero-order valence-corrected chi connectivity index (χ0v) is 9.37. The van der Waals surface area contributed by atoms with Crippen LogP contribution >= 0.6 is 0 Å². The van der Waals surface area contributed by atoms with Crippen molar-refractivity contribution in [2.75, 3.05) is 6.61 Å². The highest BCUT2D eigenvalue weighted by Gasteiger charge is 1.99. The number of halogens is 1. The number of esters is 1. The molecule has 0 amide bonds. The van der Waals surface area contributed by atoms with Crippen LogP contribution in [-0.4, -0.2) is 17.6 Å². The molecule has 0 radical (unpaired) electrons. The van der Waals surface area contributed by atoms with Crippen molar-refractivity contribution in [1.82, 2.24) is 4.98 Å². The Morgan fingerprint density at radius 3 is 3.00 bits per heavy atom. The van der Waals surface area contributed by atoms with E-state index in [0.29, 0.717) is 12.2 Å². The van der Waals surface area contributed by atoms with Crippen LogP contribution in [0.25, 0.3) is 6.08 Å². The molecule has 0 saturated heterocycles. The van der Waals surface area contributed by atoms with Gasteiger partial charge in [0.2, 0.25) is 5.95 Å². The number of hydrogen-bond acceptors (Lipinski definition) is 3. The third-order valence-corrected chi connectivity index (χ3v) is 1.94. The molecule has 0 atom stereocenters. The molecule has 86 valence electrons. The molecule has 0 aromatic carbocycles. The van der Waals surface area contributed by atoms with Crippen molar-refractivity contribution in [3.05, 3.63) is 35.4 Å². The lowest BCUT2D eigenvalue weighted by Gasteiger charge is -1.98. The summed E-state index contributed by atoms with van der Waals surface area (Å²) in [7, 11) is 0. The number of aromatic nitrogens is 1. The predicted octanol–water partition coefficient (Wildman–Crippen LogP) is 2.50. The Balaban J connectivity index is 2.56. The molecular formula is C12H14FNO2. The molecule has 0 spiro atoms. The molecule has 16 heavy (non-hydrogen) atoms. The van der Waals surface area contributed by atoms with Crippen molar-refractivity contribution in [3.63, 3.8) is 0 Å². The summed E-state index contributed by atoms with van der Waals surface area (Å²) >= 11 is 0. The zero-order chi connectivity index (χ0) is 12.0. The van der Waals surface area contributed by atoms with Crippen LogP contribution < -0.4 is 0 Å². The van der Waals surface area contributed by atoms with Crippen LogP contribution in [-0.2, 0) is 9.53 Å². The molecule has 0 bridgehead atoms. The second kappa shape index (κ2) is 6.00. The maximum Gasteiger partial charge on any atom is 0.309 e. The van der Waals surface area contributed by atoms with Crippen LogP contribution in [0, 0.1) is 12.9 Å². The Morgan fingerprint density at radius 2 is 2.38 bits per heavy atom. The van der Waals surface area contributed by atoms with Crippen molar-refractivity contribution in [2.24, 2.45) is 0 Å². The lowest BCUT2D eigenvalue weighted by Crippen LogP contribution is -2.01. The topological polar surface area (TPSA) is 39.2 Å². The van der Waals surface area contributed by atoms with Crippen LogP contribution in [0.3, 0.4) is 0 Å². The van der Waals surface area contributed by atoms with Gasteiger partial charge in [-0.2, -0.15) is 4.39 Å². The van der Waals surface area contributed by atoms with E-state index in [0.717, 1.165) is 5.56 Å².